The zero-order valence-corrected chi connectivity index (χ0v) is 10.4. The molecule has 1 aliphatic carbocycles. The second-order valence-corrected chi connectivity index (χ2v) is 5.30. The van der Waals surface area contributed by atoms with Crippen LogP contribution in [0.5, 0.6) is 0 Å². The van der Waals surface area contributed by atoms with Crippen LogP contribution in [0.25, 0.3) is 0 Å². The van der Waals surface area contributed by atoms with Crippen LogP contribution >= 0.6 is 0 Å². The first-order valence-electron chi connectivity index (χ1n) is 6.27. The van der Waals surface area contributed by atoms with Gasteiger partial charge in [-0.25, -0.2) is 0 Å². The molecular formula is C14H16N2O2. The van der Waals surface area contributed by atoms with E-state index < -0.39 is 0 Å². The monoisotopic (exact) mass is 244 g/mol. The average Bonchev–Trinajstić information content (AvgIpc) is 2.82. The average molecular weight is 244 g/mol. The van der Waals surface area contributed by atoms with Gasteiger partial charge in [-0.2, -0.15) is 0 Å². The van der Waals surface area contributed by atoms with E-state index in [1.165, 1.54) is 18.1 Å². The lowest BCUT2D eigenvalue weighted by atomic mass is 9.83. The minimum atomic E-state index is -0.225. The fourth-order valence-electron chi connectivity index (χ4n) is 3.09. The van der Waals surface area contributed by atoms with Crippen molar-refractivity contribution in [1.82, 2.24) is 5.32 Å². The number of rotatable bonds is 1. The number of fused-ring (bicyclic) bond motifs is 1. The molecule has 18 heavy (non-hydrogen) atoms. The second-order valence-electron chi connectivity index (χ2n) is 5.30. The maximum absolute atomic E-state index is 11.9. The van der Waals surface area contributed by atoms with Crippen molar-refractivity contribution in [2.45, 2.75) is 26.2 Å². The minimum absolute atomic E-state index is 0.0683. The summed E-state index contributed by atoms with van der Waals surface area (Å²) >= 11 is 0. The van der Waals surface area contributed by atoms with Crippen molar-refractivity contribution in [3.8, 4) is 0 Å². The Morgan fingerprint density at radius 3 is 2.78 bits per heavy atom. The number of hydrogen-bond acceptors (Lipinski definition) is 2. The summed E-state index contributed by atoms with van der Waals surface area (Å²) in [5.74, 6) is 0.112. The predicted octanol–water partition coefficient (Wildman–Crippen LogP) is 1.25. The van der Waals surface area contributed by atoms with Crippen molar-refractivity contribution in [2.75, 3.05) is 11.9 Å². The molecule has 1 aliphatic heterocycles. The van der Waals surface area contributed by atoms with Gasteiger partial charge in [0.05, 0.1) is 5.41 Å². The van der Waals surface area contributed by atoms with Crippen LogP contribution in [-0.2, 0) is 22.4 Å². The van der Waals surface area contributed by atoms with Gasteiger partial charge in [0.2, 0.25) is 11.8 Å². The van der Waals surface area contributed by atoms with Crippen LogP contribution in [0.4, 0.5) is 5.69 Å². The van der Waals surface area contributed by atoms with Gasteiger partial charge in [0, 0.05) is 19.2 Å². The number of amides is 2. The molecule has 3 rings (SSSR count). The SMILES string of the molecule is CC(=O)Nc1ccc2c(c1)CC1(CCNC1=O)C2. The summed E-state index contributed by atoms with van der Waals surface area (Å²) in [7, 11) is 0. The third-order valence-electron chi connectivity index (χ3n) is 3.96. The van der Waals surface area contributed by atoms with Gasteiger partial charge in [0.15, 0.2) is 0 Å². The maximum Gasteiger partial charge on any atom is 0.226 e. The summed E-state index contributed by atoms with van der Waals surface area (Å²) < 4.78 is 0. The highest BCUT2D eigenvalue weighted by molar-refractivity contribution is 5.89. The standard InChI is InChI=1S/C14H16N2O2/c1-9(17)16-12-3-2-10-7-14(8-11(10)6-12)4-5-15-13(14)18/h2-3,6H,4-5,7-8H2,1H3,(H,15,18)(H,16,17). The third-order valence-corrected chi connectivity index (χ3v) is 3.96. The van der Waals surface area contributed by atoms with E-state index >= 15 is 0 Å². The molecule has 0 saturated carbocycles. The predicted molar refractivity (Wildman–Crippen MR) is 68.2 cm³/mol. The van der Waals surface area contributed by atoms with Gasteiger partial charge < -0.3 is 10.6 Å². The van der Waals surface area contributed by atoms with Crippen LogP contribution in [0, 0.1) is 5.41 Å². The quantitative estimate of drug-likeness (QED) is 0.781. The summed E-state index contributed by atoms with van der Waals surface area (Å²) in [6, 6.07) is 5.93. The van der Waals surface area contributed by atoms with Gasteiger partial charge in [0.1, 0.15) is 0 Å². The summed E-state index contributed by atoms with van der Waals surface area (Å²) in [4.78, 5) is 23.0. The van der Waals surface area contributed by atoms with E-state index in [2.05, 4.69) is 10.6 Å². The van der Waals surface area contributed by atoms with Gasteiger partial charge in [-0.3, -0.25) is 9.59 Å². The highest BCUT2D eigenvalue weighted by Gasteiger charge is 2.46. The van der Waals surface area contributed by atoms with Crippen LogP contribution in [0.2, 0.25) is 0 Å². The molecule has 1 aromatic rings. The molecule has 94 valence electrons. The van der Waals surface area contributed by atoms with Gasteiger partial charge in [-0.15, -0.1) is 0 Å². The molecule has 2 aliphatic rings. The maximum atomic E-state index is 11.9. The molecule has 2 amide bonds. The molecule has 0 bridgehead atoms. The number of carbonyl (C=O) groups excluding carboxylic acids is 2. The Morgan fingerprint density at radius 1 is 1.33 bits per heavy atom. The second kappa shape index (κ2) is 3.83. The highest BCUT2D eigenvalue weighted by atomic mass is 16.2. The first kappa shape index (κ1) is 11.3. The van der Waals surface area contributed by atoms with Crippen LogP contribution < -0.4 is 10.6 Å². The molecule has 2 N–H and O–H groups in total. The van der Waals surface area contributed by atoms with Gasteiger partial charge in [0.25, 0.3) is 0 Å². The Hall–Kier alpha value is -1.84. The van der Waals surface area contributed by atoms with Gasteiger partial charge in [-0.1, -0.05) is 6.07 Å². The Labute approximate surface area is 106 Å². The molecule has 1 fully saturated rings. The molecule has 4 nitrogen and oxygen atoms in total. The first-order valence-corrected chi connectivity index (χ1v) is 6.27. The van der Waals surface area contributed by atoms with E-state index in [9.17, 15) is 9.59 Å². The summed E-state index contributed by atoms with van der Waals surface area (Å²) in [5, 5.41) is 5.71. The Bertz CT molecular complexity index is 539. The molecule has 1 atom stereocenters. The largest absolute Gasteiger partial charge is 0.356 e. The third kappa shape index (κ3) is 1.68. The lowest BCUT2D eigenvalue weighted by Crippen LogP contribution is -2.31. The Balaban J connectivity index is 1.89. The minimum Gasteiger partial charge on any atom is -0.356 e. The lowest BCUT2D eigenvalue weighted by molar-refractivity contribution is -0.127. The fourth-order valence-corrected chi connectivity index (χ4v) is 3.09. The van der Waals surface area contributed by atoms with E-state index in [0.29, 0.717) is 0 Å². The fraction of sp³-hybridized carbons (Fsp3) is 0.429. The summed E-state index contributed by atoms with van der Waals surface area (Å²) in [6.07, 6.45) is 2.53. The van der Waals surface area contributed by atoms with E-state index in [-0.39, 0.29) is 17.2 Å². The van der Waals surface area contributed by atoms with Crippen molar-refractivity contribution in [2.24, 2.45) is 5.41 Å². The van der Waals surface area contributed by atoms with E-state index in [0.717, 1.165) is 31.5 Å². The normalized spacial score (nSPS) is 25.1. The Morgan fingerprint density at radius 2 is 2.11 bits per heavy atom. The van der Waals surface area contributed by atoms with Crippen molar-refractivity contribution in [3.05, 3.63) is 29.3 Å². The van der Waals surface area contributed by atoms with Crippen molar-refractivity contribution >= 4 is 17.5 Å². The lowest BCUT2D eigenvalue weighted by Gasteiger charge is -2.17. The van der Waals surface area contributed by atoms with Crippen molar-refractivity contribution < 1.29 is 9.59 Å². The molecule has 1 aromatic carbocycles. The number of hydrogen-bond donors (Lipinski definition) is 2. The topological polar surface area (TPSA) is 58.2 Å². The molecule has 4 heteroatoms. The van der Waals surface area contributed by atoms with E-state index in [1.54, 1.807) is 0 Å². The van der Waals surface area contributed by atoms with E-state index in [1.807, 2.05) is 18.2 Å². The number of carbonyl (C=O) groups is 2. The molecule has 1 spiro atoms. The number of nitrogens with one attached hydrogen (secondary N) is 2. The van der Waals surface area contributed by atoms with Crippen LogP contribution in [0.1, 0.15) is 24.5 Å². The van der Waals surface area contributed by atoms with E-state index in [4.69, 9.17) is 0 Å². The number of benzene rings is 1. The molecule has 0 radical (unpaired) electrons. The zero-order valence-electron chi connectivity index (χ0n) is 10.4. The van der Waals surface area contributed by atoms with Gasteiger partial charge >= 0.3 is 0 Å². The summed E-state index contributed by atoms with van der Waals surface area (Å²) in [5.41, 5.74) is 3.02. The molecule has 1 saturated heterocycles. The molecular weight excluding hydrogens is 228 g/mol. The molecule has 1 heterocycles. The smallest absolute Gasteiger partial charge is 0.226 e. The highest BCUT2D eigenvalue weighted by Crippen LogP contribution is 2.42. The number of anilines is 1. The molecule has 0 aromatic heterocycles. The molecule has 1 unspecified atom stereocenters. The van der Waals surface area contributed by atoms with Crippen molar-refractivity contribution in [1.29, 1.82) is 0 Å². The first-order chi connectivity index (χ1) is 8.59. The Kier molecular flexibility index (Phi) is 2.40. The zero-order chi connectivity index (χ0) is 12.8. The van der Waals surface area contributed by atoms with Crippen LogP contribution in [0.15, 0.2) is 18.2 Å². The van der Waals surface area contributed by atoms with Crippen LogP contribution in [-0.4, -0.2) is 18.4 Å². The van der Waals surface area contributed by atoms with Crippen LogP contribution in [0.3, 0.4) is 0 Å². The summed E-state index contributed by atoms with van der Waals surface area (Å²) in [6.45, 7) is 2.28. The van der Waals surface area contributed by atoms with Crippen molar-refractivity contribution in [3.63, 3.8) is 0 Å². The van der Waals surface area contributed by atoms with Gasteiger partial charge in [-0.05, 0) is 42.5 Å².